The maximum absolute atomic E-state index is 13.9. The van der Waals surface area contributed by atoms with Crippen LogP contribution in [0.3, 0.4) is 0 Å². The van der Waals surface area contributed by atoms with Gasteiger partial charge in [0.1, 0.15) is 23.7 Å². The smallest absolute Gasteiger partial charge is 0.422 e. The summed E-state index contributed by atoms with van der Waals surface area (Å²) in [6.45, 7) is 7.26. The molecule has 2 aliphatic heterocycles. The molecule has 0 radical (unpaired) electrons. The molecule has 0 saturated carbocycles. The number of imidazole rings is 2. The van der Waals surface area contributed by atoms with E-state index in [1.165, 1.54) is 22.3 Å². The van der Waals surface area contributed by atoms with Gasteiger partial charge in [-0.25, -0.2) is 28.3 Å². The molecule has 14 nitrogen and oxygen atoms in total. The molecule has 5 unspecified atom stereocenters. The largest absolute Gasteiger partial charge is 0.443 e. The van der Waals surface area contributed by atoms with Crippen LogP contribution in [0.15, 0.2) is 72.8 Å². The molecule has 19 heteroatoms. The fourth-order valence-corrected chi connectivity index (χ4v) is 10.7. The Morgan fingerprint density at radius 1 is 0.689 bits per heavy atom. The lowest BCUT2D eigenvalue weighted by Gasteiger charge is -2.30. The van der Waals surface area contributed by atoms with Gasteiger partial charge in [0.25, 0.3) is 6.43 Å². The molecule has 6 aromatic rings. The van der Waals surface area contributed by atoms with Crippen molar-refractivity contribution in [2.24, 2.45) is 11.8 Å². The predicted molar refractivity (Wildman–Crippen MR) is 268 cm³/mol. The van der Waals surface area contributed by atoms with Crippen molar-refractivity contribution < 1.29 is 50.6 Å². The van der Waals surface area contributed by atoms with E-state index in [4.69, 9.17) is 9.97 Å². The van der Waals surface area contributed by atoms with Gasteiger partial charge in [-0.2, -0.15) is 13.2 Å². The third-order valence-corrected chi connectivity index (χ3v) is 14.5. The molecule has 6 aliphatic rings. The number of aromatic nitrogens is 4. The molecule has 4 N–H and O–H groups in total. The summed E-state index contributed by atoms with van der Waals surface area (Å²) >= 11 is 0. The van der Waals surface area contributed by atoms with E-state index < -0.39 is 68.0 Å². The predicted octanol–water partition coefficient (Wildman–Crippen LogP) is 10.9. The number of carbonyl (C=O) groups is 4. The fourth-order valence-electron chi connectivity index (χ4n) is 10.7. The van der Waals surface area contributed by atoms with E-state index in [-0.39, 0.29) is 23.8 Å². The molecule has 392 valence electrons. The molecule has 12 rings (SSSR count). The number of amides is 4. The van der Waals surface area contributed by atoms with E-state index in [0.717, 1.165) is 70.0 Å². The van der Waals surface area contributed by atoms with Crippen LogP contribution in [0.2, 0.25) is 0 Å². The number of rotatable bonds is 13. The Bertz CT molecular complexity index is 3060. The highest BCUT2D eigenvalue weighted by molar-refractivity contribution is 5.89. The second kappa shape index (κ2) is 21.4. The monoisotopic (exact) mass is 1020 g/mol. The number of likely N-dealkylation sites (tertiary alicyclic amines) is 2. The van der Waals surface area contributed by atoms with Gasteiger partial charge in [0.05, 0.1) is 34.2 Å². The van der Waals surface area contributed by atoms with E-state index in [0.29, 0.717) is 44.0 Å². The van der Waals surface area contributed by atoms with Gasteiger partial charge >= 0.3 is 18.4 Å². The lowest BCUT2D eigenvalue weighted by Crippen LogP contribution is -2.51. The zero-order valence-corrected chi connectivity index (χ0v) is 42.0. The van der Waals surface area contributed by atoms with Crippen molar-refractivity contribution in [1.29, 1.82) is 0 Å². The Morgan fingerprint density at radius 2 is 1.22 bits per heavy atom. The highest BCUT2D eigenvalue weighted by Crippen LogP contribution is 2.39. The van der Waals surface area contributed by atoms with Gasteiger partial charge in [-0.3, -0.25) is 9.59 Å². The van der Waals surface area contributed by atoms with Crippen LogP contribution >= 0.6 is 0 Å². The normalized spacial score (nSPS) is 18.9. The summed E-state index contributed by atoms with van der Waals surface area (Å²) in [7, 11) is 0. The van der Waals surface area contributed by atoms with E-state index in [9.17, 15) is 41.1 Å². The summed E-state index contributed by atoms with van der Waals surface area (Å²) < 4.78 is 72.6. The second-order valence-electron chi connectivity index (χ2n) is 20.5. The first-order valence-electron chi connectivity index (χ1n) is 25.4. The van der Waals surface area contributed by atoms with Gasteiger partial charge in [0.15, 0.2) is 13.2 Å². The number of ether oxygens (including phenoxy) is 2. The highest BCUT2D eigenvalue weighted by atomic mass is 19.4. The number of halogens is 5. The molecular weight excluding hydrogens is 964 g/mol. The number of nitrogens with zero attached hydrogens (tertiary/aromatic N) is 4. The molecule has 74 heavy (non-hydrogen) atoms. The molecule has 4 aliphatic carbocycles. The van der Waals surface area contributed by atoms with Crippen LogP contribution in [-0.2, 0) is 38.3 Å². The maximum atomic E-state index is 13.9. The van der Waals surface area contributed by atoms with Gasteiger partial charge < -0.3 is 39.9 Å². The van der Waals surface area contributed by atoms with Gasteiger partial charge in [-0.1, -0.05) is 83.1 Å². The van der Waals surface area contributed by atoms with Crippen molar-refractivity contribution in [2.75, 3.05) is 26.3 Å². The minimum Gasteiger partial charge on any atom is -0.443 e. The summed E-state index contributed by atoms with van der Waals surface area (Å²) in [5, 5.41) is 4.85. The van der Waals surface area contributed by atoms with Gasteiger partial charge in [-0.05, 0) is 131 Å². The number of alkyl halides is 5. The van der Waals surface area contributed by atoms with Crippen molar-refractivity contribution in [3.63, 3.8) is 0 Å². The minimum atomic E-state index is -4.70. The maximum Gasteiger partial charge on any atom is 0.422 e. The fraction of sp³-hybridized carbons (Fsp3) is 0.455. The van der Waals surface area contributed by atoms with Crippen LogP contribution in [-0.4, -0.2) is 105 Å². The van der Waals surface area contributed by atoms with Crippen molar-refractivity contribution in [3.8, 4) is 22.3 Å². The van der Waals surface area contributed by atoms with Crippen LogP contribution in [0.1, 0.15) is 112 Å². The molecule has 2 aromatic heterocycles. The molecule has 2 fully saturated rings. The molecular formula is C55H61F5N8O6. The number of fused-ring (bicyclic) bond motifs is 2. The summed E-state index contributed by atoms with van der Waals surface area (Å²) in [5.41, 5.74) is 12.2. The van der Waals surface area contributed by atoms with Crippen LogP contribution in [0.5, 0.6) is 0 Å². The average molecular weight is 1030 g/mol. The number of hydrogen-bond acceptors (Lipinski definition) is 8. The first kappa shape index (κ1) is 51.8. The zero-order valence-electron chi connectivity index (χ0n) is 42.0. The second-order valence-corrected chi connectivity index (χ2v) is 20.5. The summed E-state index contributed by atoms with van der Waals surface area (Å²) in [5.74, 6) is -0.112. The van der Waals surface area contributed by atoms with Crippen LogP contribution in [0.25, 0.3) is 44.3 Å². The lowest BCUT2D eigenvalue weighted by molar-refractivity contribution is -0.160. The van der Waals surface area contributed by atoms with E-state index in [1.54, 1.807) is 37.5 Å². The third-order valence-electron chi connectivity index (χ3n) is 14.5. The van der Waals surface area contributed by atoms with Crippen molar-refractivity contribution in [2.45, 2.75) is 122 Å². The number of hydrogen-bond donors (Lipinski definition) is 4. The molecule has 0 spiro atoms. The Labute approximate surface area is 425 Å². The van der Waals surface area contributed by atoms with Gasteiger partial charge in [-0.15, -0.1) is 0 Å². The van der Waals surface area contributed by atoms with Crippen LogP contribution in [0.4, 0.5) is 31.5 Å². The Hall–Kier alpha value is -7.05. The molecule has 4 heterocycles. The number of carbonyl (C=O) groups excluding carboxylic acids is 4. The number of aromatic amines is 2. The number of aryl methyl sites for hydroxylation is 2. The molecule has 4 amide bonds. The topological polar surface area (TPSA) is 175 Å². The SMILES string of the molecule is CC1Cc2ccc(cc2-c2ccc3nc(C4CCCN4C(=O)C(NC(=O)OCC(F)F)C(C)C)[nH]c3c2)CCc2ccc1cc2-c1ccc2nc(C3CCCN3C(=O)C(NC(=O)OCC(F)(F)F)C(C)C)[nH]c2c1. The quantitative estimate of drug-likeness (QED) is 0.0827. The minimum absolute atomic E-state index is 0.138. The number of nitrogens with one attached hydrogen (secondary N) is 4. The average Bonchev–Trinajstić information content (AvgIpc) is 4.20. The first-order valence-corrected chi connectivity index (χ1v) is 25.4. The number of benzene rings is 4. The molecule has 4 bridgehead atoms. The Kier molecular flexibility index (Phi) is 15.0. The molecule has 4 aromatic carbocycles. The van der Waals surface area contributed by atoms with Gasteiger partial charge in [0, 0.05) is 13.1 Å². The van der Waals surface area contributed by atoms with Crippen molar-refractivity contribution >= 4 is 46.1 Å². The van der Waals surface area contributed by atoms with E-state index in [2.05, 4.69) is 97.7 Å². The van der Waals surface area contributed by atoms with Crippen molar-refractivity contribution in [3.05, 3.63) is 107 Å². The van der Waals surface area contributed by atoms with E-state index in [1.807, 2.05) is 12.1 Å². The Morgan fingerprint density at radius 3 is 1.74 bits per heavy atom. The summed E-state index contributed by atoms with van der Waals surface area (Å²) in [6, 6.07) is 22.9. The zero-order chi connectivity index (χ0) is 52.6. The lowest BCUT2D eigenvalue weighted by atomic mass is 9.84. The number of alkyl carbamates (subject to hydrolysis) is 2. The number of H-pyrrole nitrogens is 2. The van der Waals surface area contributed by atoms with Crippen LogP contribution in [0, 0.1) is 11.8 Å². The Balaban J connectivity index is 0.924. The third kappa shape index (κ3) is 11.4. The first-order chi connectivity index (χ1) is 35.3. The van der Waals surface area contributed by atoms with Crippen molar-refractivity contribution in [1.82, 2.24) is 40.4 Å². The highest BCUT2D eigenvalue weighted by Gasteiger charge is 2.40. The standard InChI is InChI=1S/C55H61F5N8O6/c1-29(2)47(65-53(71)73-27-46(56)57)51(69)67-20-6-8-44(67)49-61-40-18-16-36(25-42(40)63-49)38-23-32-10-12-33-14-15-34(31(5)22-35(38)13-11-32)24-39(33)37-17-19-41-43(26-37)64-50(62-41)45-9-7-21-68(45)52(70)48(30(3)4)66-54(72)74-28-55(58,59)60/h11,13-19,23-26,29-31,44-48H,6-10,12,20-22,27-28H2,1-5H3,(H,61,63)(H,62,64)(H,65,71)(H,66,72). The van der Waals surface area contributed by atoms with Gasteiger partial charge in [0.2, 0.25) is 11.8 Å². The van der Waals surface area contributed by atoms with E-state index >= 15 is 0 Å². The molecule has 5 atom stereocenters. The molecule has 2 saturated heterocycles. The summed E-state index contributed by atoms with van der Waals surface area (Å²) in [6.07, 6.45) is -4.87. The van der Waals surface area contributed by atoms with Crippen LogP contribution < -0.4 is 10.6 Å². The summed E-state index contributed by atoms with van der Waals surface area (Å²) in [4.78, 5) is 72.6.